The highest BCUT2D eigenvalue weighted by Gasteiger charge is 2.24. The van der Waals surface area contributed by atoms with Gasteiger partial charge in [0.05, 0.1) is 27.0 Å². The van der Waals surface area contributed by atoms with E-state index in [0.29, 0.717) is 17.2 Å². The van der Waals surface area contributed by atoms with E-state index >= 15 is 0 Å². The summed E-state index contributed by atoms with van der Waals surface area (Å²) in [6.45, 7) is 0. The van der Waals surface area contributed by atoms with E-state index in [9.17, 15) is 9.59 Å². The molecule has 0 unspecified atom stereocenters. The minimum Gasteiger partial charge on any atom is -0.497 e. The van der Waals surface area contributed by atoms with Crippen LogP contribution in [0.25, 0.3) is 10.9 Å². The number of fused-ring (bicyclic) bond motifs is 1. The summed E-state index contributed by atoms with van der Waals surface area (Å²) >= 11 is 0. The Kier molecular flexibility index (Phi) is 6.23. The summed E-state index contributed by atoms with van der Waals surface area (Å²) in [4.78, 5) is 27.9. The molecule has 1 aromatic heterocycles. The van der Waals surface area contributed by atoms with Crippen LogP contribution in [0.2, 0.25) is 0 Å². The minimum atomic E-state index is -0.858. The molecule has 0 aliphatic rings. The van der Waals surface area contributed by atoms with Crippen molar-refractivity contribution in [2.24, 2.45) is 0 Å². The van der Waals surface area contributed by atoms with Gasteiger partial charge in [0.15, 0.2) is 0 Å². The first-order valence-electron chi connectivity index (χ1n) is 8.98. The largest absolute Gasteiger partial charge is 0.497 e. The molecule has 1 heterocycles. The minimum absolute atomic E-state index is 0.282. The summed E-state index contributed by atoms with van der Waals surface area (Å²) in [7, 11) is 4.32. The Morgan fingerprint density at radius 2 is 1.86 bits per heavy atom. The van der Waals surface area contributed by atoms with E-state index in [1.807, 2.05) is 30.5 Å². The lowest BCUT2D eigenvalue weighted by molar-refractivity contribution is -0.142. The molecular formula is C21H23N3O5. The number of rotatable bonds is 7. The molecule has 152 valence electrons. The molecule has 2 aromatic carbocycles. The second-order valence-electron chi connectivity index (χ2n) is 6.30. The SMILES string of the molecule is COC(=O)[C@H](Cc1c[nH]c2ccccc12)NC(=O)Nc1ccc(OC)cc1OC. The lowest BCUT2D eigenvalue weighted by atomic mass is 10.1. The molecule has 0 radical (unpaired) electrons. The standard InChI is InChI=1S/C21H23N3O5/c1-27-14-8-9-17(19(11-14)28-2)23-21(26)24-18(20(25)29-3)10-13-12-22-16-7-5-4-6-15(13)16/h4-9,11-12,18,22H,10H2,1-3H3,(H2,23,24,26)/t18-/m0/s1. The number of aromatic nitrogens is 1. The predicted molar refractivity (Wildman–Crippen MR) is 110 cm³/mol. The molecule has 0 saturated carbocycles. The van der Waals surface area contributed by atoms with Crippen LogP contribution in [0.15, 0.2) is 48.7 Å². The Morgan fingerprint density at radius 1 is 1.07 bits per heavy atom. The quantitative estimate of drug-likeness (QED) is 0.532. The van der Waals surface area contributed by atoms with Gasteiger partial charge in [-0.1, -0.05) is 18.2 Å². The number of hydrogen-bond acceptors (Lipinski definition) is 5. The van der Waals surface area contributed by atoms with Crippen molar-refractivity contribution in [2.75, 3.05) is 26.6 Å². The van der Waals surface area contributed by atoms with Crippen molar-refractivity contribution in [3.63, 3.8) is 0 Å². The predicted octanol–water partition coefficient (Wildman–Crippen LogP) is 3.09. The number of hydrogen-bond donors (Lipinski definition) is 3. The van der Waals surface area contributed by atoms with Gasteiger partial charge in [-0.3, -0.25) is 0 Å². The number of aromatic amines is 1. The topological polar surface area (TPSA) is 102 Å². The van der Waals surface area contributed by atoms with E-state index in [1.165, 1.54) is 14.2 Å². The summed E-state index contributed by atoms with van der Waals surface area (Å²) in [5.74, 6) is 0.498. The van der Waals surface area contributed by atoms with Crippen LogP contribution in [0.4, 0.5) is 10.5 Å². The lowest BCUT2D eigenvalue weighted by Crippen LogP contribution is -2.45. The van der Waals surface area contributed by atoms with Crippen LogP contribution in [-0.4, -0.2) is 44.4 Å². The van der Waals surface area contributed by atoms with Crippen LogP contribution in [0.1, 0.15) is 5.56 Å². The molecule has 0 fully saturated rings. The number of carbonyl (C=O) groups is 2. The van der Waals surface area contributed by atoms with Crippen molar-refractivity contribution in [2.45, 2.75) is 12.5 Å². The molecule has 29 heavy (non-hydrogen) atoms. The summed E-state index contributed by atoms with van der Waals surface area (Å²) in [6, 6.07) is 11.3. The molecule has 1 atom stereocenters. The molecular weight excluding hydrogens is 374 g/mol. The van der Waals surface area contributed by atoms with E-state index < -0.39 is 18.0 Å². The van der Waals surface area contributed by atoms with Gasteiger partial charge in [-0.15, -0.1) is 0 Å². The first-order valence-corrected chi connectivity index (χ1v) is 8.98. The van der Waals surface area contributed by atoms with Crippen molar-refractivity contribution in [1.82, 2.24) is 10.3 Å². The van der Waals surface area contributed by atoms with Crippen LogP contribution in [0, 0.1) is 0 Å². The molecule has 3 rings (SSSR count). The molecule has 0 spiro atoms. The van der Waals surface area contributed by atoms with Gasteiger partial charge in [-0.2, -0.15) is 0 Å². The summed E-state index contributed by atoms with van der Waals surface area (Å²) in [6.07, 6.45) is 2.11. The summed E-state index contributed by atoms with van der Waals surface area (Å²) in [5.41, 5.74) is 2.30. The van der Waals surface area contributed by atoms with Crippen molar-refractivity contribution >= 4 is 28.6 Å². The van der Waals surface area contributed by atoms with Crippen LogP contribution in [0.5, 0.6) is 11.5 Å². The molecule has 8 nitrogen and oxygen atoms in total. The van der Waals surface area contributed by atoms with Crippen LogP contribution in [0.3, 0.4) is 0 Å². The highest BCUT2D eigenvalue weighted by atomic mass is 16.5. The third-order valence-corrected chi connectivity index (χ3v) is 4.55. The Labute approximate surface area is 168 Å². The second-order valence-corrected chi connectivity index (χ2v) is 6.30. The van der Waals surface area contributed by atoms with Gasteiger partial charge in [-0.05, 0) is 23.8 Å². The third-order valence-electron chi connectivity index (χ3n) is 4.55. The molecule has 2 amide bonds. The highest BCUT2D eigenvalue weighted by molar-refractivity contribution is 5.94. The number of methoxy groups -OCH3 is 3. The zero-order chi connectivity index (χ0) is 20.8. The van der Waals surface area contributed by atoms with E-state index in [2.05, 4.69) is 15.6 Å². The van der Waals surface area contributed by atoms with Gasteiger partial charge in [-0.25, -0.2) is 9.59 Å². The number of benzene rings is 2. The maximum atomic E-state index is 12.5. The molecule has 0 aliphatic carbocycles. The number of urea groups is 1. The van der Waals surface area contributed by atoms with Gasteiger partial charge in [0.25, 0.3) is 0 Å². The fraction of sp³-hybridized carbons (Fsp3) is 0.238. The van der Waals surface area contributed by atoms with Crippen molar-refractivity contribution in [3.8, 4) is 11.5 Å². The molecule has 0 aliphatic heterocycles. The van der Waals surface area contributed by atoms with E-state index in [0.717, 1.165) is 16.5 Å². The smallest absolute Gasteiger partial charge is 0.328 e. The first-order chi connectivity index (χ1) is 14.0. The number of nitrogens with one attached hydrogen (secondary N) is 3. The normalized spacial score (nSPS) is 11.6. The monoisotopic (exact) mass is 397 g/mol. The zero-order valence-electron chi connectivity index (χ0n) is 16.4. The Hall–Kier alpha value is -3.68. The Morgan fingerprint density at radius 3 is 2.59 bits per heavy atom. The number of para-hydroxylation sites is 1. The van der Waals surface area contributed by atoms with Crippen LogP contribution in [-0.2, 0) is 16.0 Å². The van der Waals surface area contributed by atoms with E-state index in [4.69, 9.17) is 14.2 Å². The maximum Gasteiger partial charge on any atom is 0.328 e. The van der Waals surface area contributed by atoms with E-state index in [-0.39, 0.29) is 6.42 Å². The van der Waals surface area contributed by atoms with Gasteiger partial charge in [0.1, 0.15) is 17.5 Å². The Bertz CT molecular complexity index is 1010. The molecule has 8 heteroatoms. The maximum absolute atomic E-state index is 12.5. The van der Waals surface area contributed by atoms with Gasteiger partial charge >= 0.3 is 12.0 Å². The zero-order valence-corrected chi connectivity index (χ0v) is 16.4. The van der Waals surface area contributed by atoms with Crippen molar-refractivity contribution in [1.29, 1.82) is 0 Å². The van der Waals surface area contributed by atoms with Crippen molar-refractivity contribution in [3.05, 3.63) is 54.2 Å². The number of amides is 2. The highest BCUT2D eigenvalue weighted by Crippen LogP contribution is 2.29. The lowest BCUT2D eigenvalue weighted by Gasteiger charge is -2.18. The molecule has 0 saturated heterocycles. The van der Waals surface area contributed by atoms with Gasteiger partial charge in [0, 0.05) is 29.6 Å². The van der Waals surface area contributed by atoms with E-state index in [1.54, 1.807) is 25.3 Å². The van der Waals surface area contributed by atoms with Crippen molar-refractivity contribution < 1.29 is 23.8 Å². The Balaban J connectivity index is 1.75. The second kappa shape index (κ2) is 9.01. The fourth-order valence-electron chi connectivity index (χ4n) is 3.07. The first kappa shape index (κ1) is 20.1. The molecule has 0 bridgehead atoms. The van der Waals surface area contributed by atoms with Crippen LogP contribution < -0.4 is 20.1 Å². The number of H-pyrrole nitrogens is 1. The average Bonchev–Trinajstić information content (AvgIpc) is 3.15. The molecule has 3 aromatic rings. The number of esters is 1. The fourth-order valence-corrected chi connectivity index (χ4v) is 3.07. The van der Waals surface area contributed by atoms with Gasteiger partial charge in [0.2, 0.25) is 0 Å². The molecule has 3 N–H and O–H groups in total. The van der Waals surface area contributed by atoms with Crippen LogP contribution >= 0.6 is 0 Å². The number of ether oxygens (including phenoxy) is 3. The average molecular weight is 397 g/mol. The van der Waals surface area contributed by atoms with Gasteiger partial charge < -0.3 is 29.8 Å². The number of anilines is 1. The summed E-state index contributed by atoms with van der Waals surface area (Å²) < 4.78 is 15.3. The summed E-state index contributed by atoms with van der Waals surface area (Å²) in [5, 5.41) is 6.35. The number of carbonyl (C=O) groups excluding carboxylic acids is 2. The third kappa shape index (κ3) is 4.60.